The number of halogens is 2. The van der Waals surface area contributed by atoms with Crippen molar-refractivity contribution in [3.05, 3.63) is 70.5 Å². The van der Waals surface area contributed by atoms with Gasteiger partial charge in [-0.25, -0.2) is 4.39 Å². The van der Waals surface area contributed by atoms with Crippen LogP contribution in [0.15, 0.2) is 48.5 Å². The highest BCUT2D eigenvalue weighted by molar-refractivity contribution is 6.30. The topological polar surface area (TPSA) is 12.0 Å². The Balaban J connectivity index is 1.36. The Morgan fingerprint density at radius 3 is 2.33 bits per heavy atom. The fourth-order valence-corrected chi connectivity index (χ4v) is 7.76. The van der Waals surface area contributed by atoms with Gasteiger partial charge in [-0.3, -0.25) is 0 Å². The minimum atomic E-state index is -0.0877. The highest BCUT2D eigenvalue weighted by atomic mass is 35.5. The van der Waals surface area contributed by atoms with Gasteiger partial charge in [-0.05, 0) is 111 Å². The van der Waals surface area contributed by atoms with Crippen molar-refractivity contribution >= 4 is 11.6 Å². The number of benzene rings is 2. The molecule has 2 unspecified atom stereocenters. The third-order valence-electron chi connectivity index (χ3n) is 8.50. The maximum absolute atomic E-state index is 14.1. The molecule has 4 bridgehead atoms. The first-order valence-corrected chi connectivity index (χ1v) is 12.0. The molecule has 4 fully saturated rings. The van der Waals surface area contributed by atoms with Crippen LogP contribution in [0.25, 0.3) is 0 Å². The van der Waals surface area contributed by atoms with Gasteiger partial charge in [0.1, 0.15) is 5.82 Å². The first kappa shape index (κ1) is 20.5. The predicted octanol–water partition coefficient (Wildman–Crippen LogP) is 6.93. The van der Waals surface area contributed by atoms with E-state index in [1.165, 1.54) is 44.1 Å². The molecule has 0 spiro atoms. The summed E-state index contributed by atoms with van der Waals surface area (Å²) < 4.78 is 14.1. The molecule has 6 atom stereocenters. The summed E-state index contributed by atoms with van der Waals surface area (Å²) in [6.45, 7) is 4.60. The van der Waals surface area contributed by atoms with E-state index in [0.717, 1.165) is 28.8 Å². The zero-order valence-electron chi connectivity index (χ0n) is 18.1. The Hall–Kier alpha value is -1.38. The molecular weight excluding hydrogens is 393 g/mol. The minimum absolute atomic E-state index is 0.0877. The molecule has 4 saturated carbocycles. The van der Waals surface area contributed by atoms with Crippen LogP contribution in [0.3, 0.4) is 0 Å². The lowest BCUT2D eigenvalue weighted by Gasteiger charge is -2.64. The second-order valence-electron chi connectivity index (χ2n) is 10.7. The summed E-state index contributed by atoms with van der Waals surface area (Å²) in [6, 6.07) is 16.6. The zero-order chi connectivity index (χ0) is 20.9. The van der Waals surface area contributed by atoms with Gasteiger partial charge in [0.05, 0.1) is 0 Å². The van der Waals surface area contributed by atoms with E-state index >= 15 is 0 Å². The summed E-state index contributed by atoms with van der Waals surface area (Å²) in [4.78, 5) is 0. The van der Waals surface area contributed by atoms with Crippen LogP contribution in [0.2, 0.25) is 5.02 Å². The van der Waals surface area contributed by atoms with Crippen molar-refractivity contribution in [2.45, 2.75) is 76.3 Å². The molecule has 1 N–H and O–H groups in total. The van der Waals surface area contributed by atoms with Crippen LogP contribution >= 0.6 is 11.6 Å². The molecule has 0 radical (unpaired) electrons. The Bertz CT molecular complexity index is 893. The minimum Gasteiger partial charge on any atom is -0.311 e. The van der Waals surface area contributed by atoms with Crippen LogP contribution in [0.4, 0.5) is 4.39 Å². The average Bonchev–Trinajstić information content (AvgIpc) is 2.69. The lowest BCUT2D eigenvalue weighted by Crippen LogP contribution is -2.60. The summed E-state index contributed by atoms with van der Waals surface area (Å²) in [5.41, 5.74) is 2.98. The maximum atomic E-state index is 14.1. The van der Waals surface area contributed by atoms with Gasteiger partial charge in [0.2, 0.25) is 0 Å². The third-order valence-corrected chi connectivity index (χ3v) is 8.75. The van der Waals surface area contributed by atoms with Crippen molar-refractivity contribution in [3.8, 4) is 0 Å². The normalized spacial score (nSPS) is 34.1. The highest BCUT2D eigenvalue weighted by Gasteiger charge is 2.59. The van der Waals surface area contributed by atoms with E-state index in [1.807, 2.05) is 12.1 Å². The molecule has 0 amide bonds. The summed E-state index contributed by atoms with van der Waals surface area (Å²) >= 11 is 6.20. The van der Waals surface area contributed by atoms with Crippen LogP contribution in [0.5, 0.6) is 0 Å². The molecular formula is C27H33ClFN. The molecule has 4 aliphatic carbocycles. The Morgan fingerprint density at radius 2 is 1.67 bits per heavy atom. The van der Waals surface area contributed by atoms with Crippen molar-refractivity contribution in [1.29, 1.82) is 0 Å². The van der Waals surface area contributed by atoms with Gasteiger partial charge < -0.3 is 5.32 Å². The van der Waals surface area contributed by atoms with Crippen LogP contribution < -0.4 is 5.32 Å². The second kappa shape index (κ2) is 7.64. The molecule has 0 heterocycles. The van der Waals surface area contributed by atoms with E-state index in [9.17, 15) is 4.39 Å². The number of hydrogen-bond acceptors (Lipinski definition) is 1. The Morgan fingerprint density at radius 1 is 1.00 bits per heavy atom. The van der Waals surface area contributed by atoms with Crippen molar-refractivity contribution < 1.29 is 4.39 Å². The number of rotatable bonds is 6. The fraction of sp³-hybridized carbons (Fsp3) is 0.556. The standard InChI is InChI=1S/C27H33ClFN/c1-18(11-22-5-3-4-6-25(22)29)30-19(2)26-13-20-12-21(14-26)16-27(15-20,17-26)23-7-9-24(28)10-8-23/h3-10,18-21,30H,11-17H2,1-2H3/t18-,19+,20-,21+,26?,27?/m0/s1. The van der Waals surface area contributed by atoms with Crippen molar-refractivity contribution in [2.24, 2.45) is 17.3 Å². The van der Waals surface area contributed by atoms with Gasteiger partial charge in [0.25, 0.3) is 0 Å². The van der Waals surface area contributed by atoms with Gasteiger partial charge in [-0.15, -0.1) is 0 Å². The van der Waals surface area contributed by atoms with Gasteiger partial charge >= 0.3 is 0 Å². The van der Waals surface area contributed by atoms with Crippen LogP contribution in [0, 0.1) is 23.1 Å². The Labute approximate surface area is 185 Å². The van der Waals surface area contributed by atoms with Crippen molar-refractivity contribution in [3.63, 3.8) is 0 Å². The summed E-state index contributed by atoms with van der Waals surface area (Å²) in [6.07, 6.45) is 8.79. The average molecular weight is 426 g/mol. The van der Waals surface area contributed by atoms with Crippen LogP contribution in [-0.2, 0) is 11.8 Å². The van der Waals surface area contributed by atoms with E-state index in [0.29, 0.717) is 16.9 Å². The SMILES string of the molecule is C[C@@H](Cc1ccccc1F)N[C@H](C)C12C[C@@H]3C[C@@H](CC(c4ccc(Cl)cc4)(C3)C1)C2. The number of hydrogen-bond donors (Lipinski definition) is 1. The molecule has 0 saturated heterocycles. The largest absolute Gasteiger partial charge is 0.311 e. The second-order valence-corrected chi connectivity index (χ2v) is 11.1. The van der Waals surface area contributed by atoms with Gasteiger partial charge in [0.15, 0.2) is 0 Å². The summed E-state index contributed by atoms with van der Waals surface area (Å²) in [5, 5.41) is 4.73. The molecule has 1 nitrogen and oxygen atoms in total. The molecule has 3 heteroatoms. The molecule has 0 aliphatic heterocycles. The molecule has 30 heavy (non-hydrogen) atoms. The first-order valence-electron chi connectivity index (χ1n) is 11.6. The Kier molecular flexibility index (Phi) is 5.22. The molecule has 2 aromatic carbocycles. The molecule has 4 aliphatic rings. The highest BCUT2D eigenvalue weighted by Crippen LogP contribution is 2.66. The maximum Gasteiger partial charge on any atom is 0.126 e. The van der Waals surface area contributed by atoms with Crippen molar-refractivity contribution in [1.82, 2.24) is 5.32 Å². The summed E-state index contributed by atoms with van der Waals surface area (Å²) in [7, 11) is 0. The first-order chi connectivity index (χ1) is 14.4. The lowest BCUT2D eigenvalue weighted by atomic mass is 9.41. The lowest BCUT2D eigenvalue weighted by molar-refractivity contribution is -0.0893. The van der Waals surface area contributed by atoms with E-state index in [-0.39, 0.29) is 11.9 Å². The van der Waals surface area contributed by atoms with E-state index < -0.39 is 0 Å². The van der Waals surface area contributed by atoms with E-state index in [1.54, 1.807) is 12.1 Å². The number of nitrogens with one attached hydrogen (secondary N) is 1. The molecule has 2 aromatic rings. The van der Waals surface area contributed by atoms with Crippen molar-refractivity contribution in [2.75, 3.05) is 0 Å². The molecule has 160 valence electrons. The van der Waals surface area contributed by atoms with Gasteiger partial charge in [-0.2, -0.15) is 0 Å². The predicted molar refractivity (Wildman–Crippen MR) is 122 cm³/mol. The molecule has 0 aromatic heterocycles. The van der Waals surface area contributed by atoms with E-state index in [2.05, 4.69) is 43.4 Å². The van der Waals surface area contributed by atoms with E-state index in [4.69, 9.17) is 11.6 Å². The van der Waals surface area contributed by atoms with Crippen LogP contribution in [-0.4, -0.2) is 12.1 Å². The van der Waals surface area contributed by atoms with Gasteiger partial charge in [-0.1, -0.05) is 41.9 Å². The monoisotopic (exact) mass is 425 g/mol. The van der Waals surface area contributed by atoms with Crippen LogP contribution in [0.1, 0.15) is 63.5 Å². The van der Waals surface area contributed by atoms with Gasteiger partial charge in [0, 0.05) is 17.1 Å². The smallest absolute Gasteiger partial charge is 0.126 e. The molecule has 6 rings (SSSR count). The summed E-state index contributed by atoms with van der Waals surface area (Å²) in [5.74, 6) is 1.59. The fourth-order valence-electron chi connectivity index (χ4n) is 7.64. The zero-order valence-corrected chi connectivity index (χ0v) is 18.9. The quantitative estimate of drug-likeness (QED) is 0.529. The third kappa shape index (κ3) is 3.60.